The summed E-state index contributed by atoms with van der Waals surface area (Å²) in [6, 6.07) is 9.91. The highest BCUT2D eigenvalue weighted by Gasteiger charge is 2.16. The van der Waals surface area contributed by atoms with E-state index in [4.69, 9.17) is 9.15 Å². The number of anilines is 2. The van der Waals surface area contributed by atoms with Crippen molar-refractivity contribution in [2.24, 2.45) is 0 Å². The summed E-state index contributed by atoms with van der Waals surface area (Å²) >= 11 is 0. The zero-order valence-corrected chi connectivity index (χ0v) is 11.9. The summed E-state index contributed by atoms with van der Waals surface area (Å²) < 4.78 is 10.7. The van der Waals surface area contributed by atoms with E-state index in [0.29, 0.717) is 11.8 Å². The highest BCUT2D eigenvalue weighted by Crippen LogP contribution is 2.30. The Hall–Kier alpha value is -2.43. The minimum absolute atomic E-state index is 0.0827. The van der Waals surface area contributed by atoms with Crippen LogP contribution in [0.15, 0.2) is 41.0 Å². The number of aryl methyl sites for hydroxylation is 1. The Bertz CT molecular complexity index is 622. The predicted octanol–water partition coefficient (Wildman–Crippen LogP) is 3.04. The molecule has 1 unspecified atom stereocenters. The van der Waals surface area contributed by atoms with Gasteiger partial charge in [-0.3, -0.25) is 4.79 Å². The van der Waals surface area contributed by atoms with Crippen molar-refractivity contribution in [3.63, 3.8) is 0 Å². The molecular formula is C16H18N2O3. The smallest absolute Gasteiger partial charge is 0.262 e. The second-order valence-corrected chi connectivity index (χ2v) is 5.21. The van der Waals surface area contributed by atoms with Crippen molar-refractivity contribution in [2.45, 2.75) is 25.8 Å². The van der Waals surface area contributed by atoms with Gasteiger partial charge in [-0.1, -0.05) is 0 Å². The molecular weight excluding hydrogens is 268 g/mol. The standard InChI is InChI=1S/C16H18N2O3/c1-11(4-6-13-3-2-8-20-13)17-12-5-7-15-14(9-12)18-16(19)10-21-15/h2-3,5,7-9,11,17H,4,6,10H2,1H3,(H,18,19). The fourth-order valence-electron chi connectivity index (χ4n) is 2.34. The number of furan rings is 1. The number of hydrogen-bond donors (Lipinski definition) is 2. The molecule has 1 aromatic heterocycles. The van der Waals surface area contributed by atoms with E-state index in [1.54, 1.807) is 6.26 Å². The molecule has 0 saturated heterocycles. The van der Waals surface area contributed by atoms with E-state index >= 15 is 0 Å². The molecule has 2 heterocycles. The topological polar surface area (TPSA) is 63.5 Å². The second-order valence-electron chi connectivity index (χ2n) is 5.21. The van der Waals surface area contributed by atoms with Crippen LogP contribution in [0, 0.1) is 0 Å². The average Bonchev–Trinajstić information content (AvgIpc) is 2.98. The van der Waals surface area contributed by atoms with Crippen LogP contribution in [-0.4, -0.2) is 18.6 Å². The van der Waals surface area contributed by atoms with Crippen LogP contribution in [0.2, 0.25) is 0 Å². The van der Waals surface area contributed by atoms with E-state index in [-0.39, 0.29) is 12.5 Å². The Morgan fingerprint density at radius 2 is 2.29 bits per heavy atom. The normalized spacial score (nSPS) is 14.8. The van der Waals surface area contributed by atoms with Gasteiger partial charge in [0.2, 0.25) is 0 Å². The van der Waals surface area contributed by atoms with E-state index in [1.165, 1.54) is 0 Å². The van der Waals surface area contributed by atoms with Crippen LogP contribution in [0.25, 0.3) is 0 Å². The maximum Gasteiger partial charge on any atom is 0.262 e. The molecule has 0 radical (unpaired) electrons. The first-order valence-electron chi connectivity index (χ1n) is 7.06. The fourth-order valence-corrected chi connectivity index (χ4v) is 2.34. The Labute approximate surface area is 123 Å². The molecule has 2 aromatic rings. The Morgan fingerprint density at radius 1 is 1.38 bits per heavy atom. The van der Waals surface area contributed by atoms with E-state index in [0.717, 1.165) is 30.0 Å². The molecule has 0 fully saturated rings. The molecule has 1 atom stereocenters. The maximum atomic E-state index is 11.3. The molecule has 1 aliphatic heterocycles. The van der Waals surface area contributed by atoms with Gasteiger partial charge in [0.1, 0.15) is 11.5 Å². The SMILES string of the molecule is CC(CCc1ccco1)Nc1ccc2c(c1)NC(=O)CO2. The molecule has 1 aliphatic rings. The summed E-state index contributed by atoms with van der Waals surface area (Å²) in [7, 11) is 0. The molecule has 5 nitrogen and oxygen atoms in total. The lowest BCUT2D eigenvalue weighted by atomic mass is 10.1. The van der Waals surface area contributed by atoms with Crippen LogP contribution in [-0.2, 0) is 11.2 Å². The first-order valence-corrected chi connectivity index (χ1v) is 7.06. The van der Waals surface area contributed by atoms with Crippen molar-refractivity contribution in [1.29, 1.82) is 0 Å². The highest BCUT2D eigenvalue weighted by atomic mass is 16.5. The number of fused-ring (bicyclic) bond motifs is 1. The van der Waals surface area contributed by atoms with E-state index in [9.17, 15) is 4.79 Å². The number of carbonyl (C=O) groups excluding carboxylic acids is 1. The summed E-state index contributed by atoms with van der Waals surface area (Å²) in [4.78, 5) is 11.3. The van der Waals surface area contributed by atoms with Crippen LogP contribution in [0.1, 0.15) is 19.1 Å². The van der Waals surface area contributed by atoms with Gasteiger partial charge < -0.3 is 19.8 Å². The predicted molar refractivity (Wildman–Crippen MR) is 80.7 cm³/mol. The Kier molecular flexibility index (Phi) is 3.81. The number of amides is 1. The van der Waals surface area contributed by atoms with Gasteiger partial charge >= 0.3 is 0 Å². The lowest BCUT2D eigenvalue weighted by Gasteiger charge is -2.20. The first-order chi connectivity index (χ1) is 10.2. The number of nitrogens with one attached hydrogen (secondary N) is 2. The molecule has 1 aromatic carbocycles. The van der Waals surface area contributed by atoms with Crippen molar-refractivity contribution in [3.8, 4) is 5.75 Å². The largest absolute Gasteiger partial charge is 0.482 e. The van der Waals surface area contributed by atoms with Crippen LogP contribution in [0.5, 0.6) is 5.75 Å². The van der Waals surface area contributed by atoms with Gasteiger partial charge in [0, 0.05) is 18.2 Å². The first kappa shape index (κ1) is 13.5. The molecule has 2 N–H and O–H groups in total. The second kappa shape index (κ2) is 5.91. The number of benzene rings is 1. The van der Waals surface area contributed by atoms with Gasteiger partial charge in [-0.25, -0.2) is 0 Å². The third-order valence-electron chi connectivity index (χ3n) is 3.43. The third-order valence-corrected chi connectivity index (χ3v) is 3.43. The summed E-state index contributed by atoms with van der Waals surface area (Å²) in [6.07, 6.45) is 3.55. The molecule has 3 rings (SSSR count). The van der Waals surface area contributed by atoms with Gasteiger partial charge in [-0.2, -0.15) is 0 Å². The minimum atomic E-state index is -0.120. The molecule has 21 heavy (non-hydrogen) atoms. The fraction of sp³-hybridized carbons (Fsp3) is 0.312. The molecule has 110 valence electrons. The molecule has 0 aliphatic carbocycles. The monoisotopic (exact) mass is 286 g/mol. The van der Waals surface area contributed by atoms with Crippen molar-refractivity contribution in [3.05, 3.63) is 42.4 Å². The van der Waals surface area contributed by atoms with Crippen molar-refractivity contribution >= 4 is 17.3 Å². The van der Waals surface area contributed by atoms with Crippen molar-refractivity contribution in [2.75, 3.05) is 17.2 Å². The van der Waals surface area contributed by atoms with Crippen LogP contribution >= 0.6 is 0 Å². The zero-order valence-electron chi connectivity index (χ0n) is 11.9. The van der Waals surface area contributed by atoms with E-state index in [1.807, 2.05) is 30.3 Å². The van der Waals surface area contributed by atoms with E-state index in [2.05, 4.69) is 17.6 Å². The van der Waals surface area contributed by atoms with Crippen LogP contribution in [0.3, 0.4) is 0 Å². The number of ether oxygens (including phenoxy) is 1. The average molecular weight is 286 g/mol. The van der Waals surface area contributed by atoms with Gasteiger partial charge in [-0.05, 0) is 43.7 Å². The number of hydrogen-bond acceptors (Lipinski definition) is 4. The lowest BCUT2D eigenvalue weighted by Crippen LogP contribution is -2.25. The molecule has 5 heteroatoms. The van der Waals surface area contributed by atoms with Crippen LogP contribution < -0.4 is 15.4 Å². The summed E-state index contributed by atoms with van der Waals surface area (Å²) in [5.41, 5.74) is 1.68. The summed E-state index contributed by atoms with van der Waals surface area (Å²) in [5, 5.41) is 6.23. The summed E-state index contributed by atoms with van der Waals surface area (Å²) in [6.45, 7) is 2.21. The lowest BCUT2D eigenvalue weighted by molar-refractivity contribution is -0.118. The molecule has 0 saturated carbocycles. The van der Waals surface area contributed by atoms with Gasteiger partial charge in [0.25, 0.3) is 5.91 Å². The highest BCUT2D eigenvalue weighted by molar-refractivity contribution is 5.96. The van der Waals surface area contributed by atoms with Crippen LogP contribution in [0.4, 0.5) is 11.4 Å². The van der Waals surface area contributed by atoms with Gasteiger partial charge in [0.15, 0.2) is 6.61 Å². The quantitative estimate of drug-likeness (QED) is 0.886. The molecule has 1 amide bonds. The van der Waals surface area contributed by atoms with Crippen molar-refractivity contribution < 1.29 is 13.9 Å². The van der Waals surface area contributed by atoms with Crippen molar-refractivity contribution in [1.82, 2.24) is 0 Å². The minimum Gasteiger partial charge on any atom is -0.482 e. The van der Waals surface area contributed by atoms with Gasteiger partial charge in [-0.15, -0.1) is 0 Å². The Morgan fingerprint density at radius 3 is 3.10 bits per heavy atom. The zero-order chi connectivity index (χ0) is 14.7. The number of carbonyl (C=O) groups is 1. The Balaban J connectivity index is 1.59. The summed E-state index contributed by atoms with van der Waals surface area (Å²) in [5.74, 6) is 1.59. The molecule has 0 bridgehead atoms. The van der Waals surface area contributed by atoms with Gasteiger partial charge in [0.05, 0.1) is 12.0 Å². The maximum absolute atomic E-state index is 11.3. The van der Waals surface area contributed by atoms with E-state index < -0.39 is 0 Å². The molecule has 0 spiro atoms. The third kappa shape index (κ3) is 3.37. The number of rotatable bonds is 5.